The molecule has 0 unspecified atom stereocenters. The van der Waals surface area contributed by atoms with E-state index in [9.17, 15) is 13.6 Å². The van der Waals surface area contributed by atoms with Gasteiger partial charge in [-0.2, -0.15) is 0 Å². The van der Waals surface area contributed by atoms with Gasteiger partial charge in [0.25, 0.3) is 0 Å². The number of carbonyl (C=O) groups is 1. The first-order valence-electron chi connectivity index (χ1n) is 3.86. The molecule has 0 spiro atoms. The molecular weight excluding hydrogens is 192 g/mol. The van der Waals surface area contributed by atoms with Crippen molar-refractivity contribution in [3.63, 3.8) is 0 Å². The molecule has 1 aromatic carbocycles. The second-order valence-corrected chi connectivity index (χ2v) is 2.62. The van der Waals surface area contributed by atoms with Gasteiger partial charge in [-0.1, -0.05) is 0 Å². The molecule has 0 aromatic heterocycles. The van der Waals surface area contributed by atoms with Gasteiger partial charge in [-0.05, 0) is 12.1 Å². The average molecular weight is 201 g/mol. The summed E-state index contributed by atoms with van der Waals surface area (Å²) in [4.78, 5) is 10.9. The Labute approximate surface area is 79.5 Å². The fraction of sp³-hybridized carbons (Fsp3) is 0.222. The third-order valence-corrected chi connectivity index (χ3v) is 1.76. The van der Waals surface area contributed by atoms with E-state index in [-0.39, 0.29) is 12.1 Å². The van der Waals surface area contributed by atoms with E-state index in [2.05, 4.69) is 4.74 Å². The van der Waals surface area contributed by atoms with E-state index in [1.165, 1.54) is 0 Å². The molecule has 5 heteroatoms. The first-order valence-corrected chi connectivity index (χ1v) is 3.86. The Morgan fingerprint density at radius 2 is 2.07 bits per heavy atom. The van der Waals surface area contributed by atoms with Crippen molar-refractivity contribution < 1.29 is 18.3 Å². The SMILES string of the molecule is COC(=O)c1cc(F)c(CN)cc1F. The zero-order valence-electron chi connectivity index (χ0n) is 7.51. The van der Waals surface area contributed by atoms with Crippen molar-refractivity contribution in [1.82, 2.24) is 0 Å². The molecule has 76 valence electrons. The summed E-state index contributed by atoms with van der Waals surface area (Å²) in [5, 5.41) is 0. The summed E-state index contributed by atoms with van der Waals surface area (Å²) in [6.07, 6.45) is 0. The molecule has 0 amide bonds. The van der Waals surface area contributed by atoms with Crippen LogP contribution < -0.4 is 5.73 Å². The number of nitrogens with two attached hydrogens (primary N) is 1. The maximum absolute atomic E-state index is 13.1. The number of benzene rings is 1. The molecule has 0 fully saturated rings. The summed E-state index contributed by atoms with van der Waals surface area (Å²) in [5.74, 6) is -2.46. The van der Waals surface area contributed by atoms with E-state index in [4.69, 9.17) is 5.73 Å². The lowest BCUT2D eigenvalue weighted by atomic mass is 10.1. The molecule has 0 heterocycles. The van der Waals surface area contributed by atoms with E-state index in [1.807, 2.05) is 0 Å². The number of hydrogen-bond donors (Lipinski definition) is 1. The molecule has 0 aliphatic carbocycles. The van der Waals surface area contributed by atoms with Gasteiger partial charge in [0.2, 0.25) is 0 Å². The maximum atomic E-state index is 13.1. The number of esters is 1. The fourth-order valence-electron chi connectivity index (χ4n) is 1.01. The minimum Gasteiger partial charge on any atom is -0.465 e. The molecule has 1 rings (SSSR count). The van der Waals surface area contributed by atoms with Gasteiger partial charge in [-0.3, -0.25) is 0 Å². The molecule has 2 N–H and O–H groups in total. The molecule has 0 radical (unpaired) electrons. The Morgan fingerprint density at radius 3 is 2.57 bits per heavy atom. The van der Waals surface area contributed by atoms with Crippen molar-refractivity contribution in [1.29, 1.82) is 0 Å². The Morgan fingerprint density at radius 1 is 1.43 bits per heavy atom. The Balaban J connectivity index is 3.21. The second kappa shape index (κ2) is 4.15. The molecule has 0 aliphatic rings. The molecule has 1 aromatic rings. The van der Waals surface area contributed by atoms with Gasteiger partial charge in [-0.25, -0.2) is 13.6 Å². The van der Waals surface area contributed by atoms with E-state index in [1.54, 1.807) is 0 Å². The summed E-state index contributed by atoms with van der Waals surface area (Å²) >= 11 is 0. The quantitative estimate of drug-likeness (QED) is 0.731. The first-order chi connectivity index (χ1) is 6.60. The summed E-state index contributed by atoms with van der Waals surface area (Å²) < 4.78 is 30.5. The third-order valence-electron chi connectivity index (χ3n) is 1.76. The summed E-state index contributed by atoms with van der Waals surface area (Å²) in [6.45, 7) is -0.121. The topological polar surface area (TPSA) is 52.3 Å². The zero-order valence-corrected chi connectivity index (χ0v) is 7.51. The smallest absolute Gasteiger partial charge is 0.340 e. The molecule has 3 nitrogen and oxygen atoms in total. The van der Waals surface area contributed by atoms with Gasteiger partial charge in [0, 0.05) is 12.1 Å². The Kier molecular flexibility index (Phi) is 3.14. The number of carbonyl (C=O) groups excluding carboxylic acids is 1. The van der Waals surface area contributed by atoms with Crippen LogP contribution in [0.2, 0.25) is 0 Å². The van der Waals surface area contributed by atoms with Crippen molar-refractivity contribution in [2.75, 3.05) is 7.11 Å². The van der Waals surface area contributed by atoms with Crippen molar-refractivity contribution in [3.05, 3.63) is 34.9 Å². The van der Waals surface area contributed by atoms with Crippen LogP contribution in [0.1, 0.15) is 15.9 Å². The summed E-state index contributed by atoms with van der Waals surface area (Å²) in [7, 11) is 1.09. The van der Waals surface area contributed by atoms with E-state index >= 15 is 0 Å². The third kappa shape index (κ3) is 1.88. The normalized spacial score (nSPS) is 10.0. The lowest BCUT2D eigenvalue weighted by Gasteiger charge is -2.04. The van der Waals surface area contributed by atoms with Crippen LogP contribution in [-0.4, -0.2) is 13.1 Å². The lowest BCUT2D eigenvalue weighted by molar-refractivity contribution is 0.0595. The van der Waals surface area contributed by atoms with Crippen molar-refractivity contribution >= 4 is 5.97 Å². The number of rotatable bonds is 2. The fourth-order valence-corrected chi connectivity index (χ4v) is 1.01. The van der Waals surface area contributed by atoms with Gasteiger partial charge in [0.1, 0.15) is 11.6 Å². The highest BCUT2D eigenvalue weighted by atomic mass is 19.1. The Bertz CT molecular complexity index is 366. The molecule has 0 atom stereocenters. The molecular formula is C9H9F2NO2. The van der Waals surface area contributed by atoms with Crippen molar-refractivity contribution in [3.8, 4) is 0 Å². The predicted octanol–water partition coefficient (Wildman–Crippen LogP) is 1.21. The highest BCUT2D eigenvalue weighted by Gasteiger charge is 2.15. The van der Waals surface area contributed by atoms with Crippen LogP contribution in [-0.2, 0) is 11.3 Å². The molecule has 0 aliphatic heterocycles. The minimum absolute atomic E-state index is 0.0233. The van der Waals surface area contributed by atoms with Crippen LogP contribution in [0.15, 0.2) is 12.1 Å². The lowest BCUT2D eigenvalue weighted by Crippen LogP contribution is -2.08. The summed E-state index contributed by atoms with van der Waals surface area (Å²) in [5.41, 5.74) is 4.75. The number of ether oxygens (including phenoxy) is 1. The van der Waals surface area contributed by atoms with Gasteiger partial charge in [-0.15, -0.1) is 0 Å². The molecule has 0 saturated heterocycles. The van der Waals surface area contributed by atoms with Crippen molar-refractivity contribution in [2.24, 2.45) is 5.73 Å². The predicted molar refractivity (Wildman–Crippen MR) is 45.6 cm³/mol. The summed E-state index contributed by atoms with van der Waals surface area (Å²) in [6, 6.07) is 1.67. The largest absolute Gasteiger partial charge is 0.465 e. The number of halogens is 2. The van der Waals surface area contributed by atoms with Gasteiger partial charge >= 0.3 is 5.97 Å². The molecule has 14 heavy (non-hydrogen) atoms. The van der Waals surface area contributed by atoms with Crippen molar-refractivity contribution in [2.45, 2.75) is 6.54 Å². The van der Waals surface area contributed by atoms with Crippen LogP contribution in [0.25, 0.3) is 0 Å². The Hall–Kier alpha value is -1.49. The van der Waals surface area contributed by atoms with Gasteiger partial charge in [0.05, 0.1) is 12.7 Å². The van der Waals surface area contributed by atoms with Crippen LogP contribution >= 0.6 is 0 Å². The first kappa shape index (κ1) is 10.6. The van der Waals surface area contributed by atoms with Crippen LogP contribution in [0.5, 0.6) is 0 Å². The zero-order chi connectivity index (χ0) is 10.7. The standard InChI is InChI=1S/C9H9F2NO2/c1-14-9(13)6-3-7(10)5(4-12)2-8(6)11/h2-3H,4,12H2,1H3. The van der Waals surface area contributed by atoms with E-state index in [0.717, 1.165) is 19.2 Å². The monoisotopic (exact) mass is 201 g/mol. The highest BCUT2D eigenvalue weighted by molar-refractivity contribution is 5.89. The number of hydrogen-bond acceptors (Lipinski definition) is 3. The minimum atomic E-state index is -0.912. The molecule has 0 saturated carbocycles. The average Bonchev–Trinajstić information content (AvgIpc) is 2.19. The number of methoxy groups -OCH3 is 1. The maximum Gasteiger partial charge on any atom is 0.340 e. The van der Waals surface area contributed by atoms with Gasteiger partial charge in [0.15, 0.2) is 0 Å². The van der Waals surface area contributed by atoms with Crippen LogP contribution in [0.4, 0.5) is 8.78 Å². The highest BCUT2D eigenvalue weighted by Crippen LogP contribution is 2.15. The van der Waals surface area contributed by atoms with Crippen LogP contribution in [0, 0.1) is 11.6 Å². The second-order valence-electron chi connectivity index (χ2n) is 2.62. The molecule has 0 bridgehead atoms. The van der Waals surface area contributed by atoms with E-state index < -0.39 is 23.2 Å². The van der Waals surface area contributed by atoms with Gasteiger partial charge < -0.3 is 10.5 Å². The van der Waals surface area contributed by atoms with E-state index in [0.29, 0.717) is 0 Å². The van der Waals surface area contributed by atoms with Crippen LogP contribution in [0.3, 0.4) is 0 Å².